The van der Waals surface area contributed by atoms with E-state index in [4.69, 9.17) is 9.47 Å². The summed E-state index contributed by atoms with van der Waals surface area (Å²) in [7, 11) is 1.45. The SMILES string of the molecule is COc1ccc([N+](=O)[O-])cc1COc1ccc([N+](=O)[O-])cc1. The lowest BCUT2D eigenvalue weighted by atomic mass is 10.2. The molecule has 0 radical (unpaired) electrons. The van der Waals surface area contributed by atoms with Crippen LogP contribution in [0.1, 0.15) is 5.56 Å². The Morgan fingerprint density at radius 2 is 1.55 bits per heavy atom. The monoisotopic (exact) mass is 304 g/mol. The highest BCUT2D eigenvalue weighted by Crippen LogP contribution is 2.26. The van der Waals surface area contributed by atoms with E-state index < -0.39 is 9.85 Å². The molecule has 0 N–H and O–H groups in total. The Morgan fingerprint density at radius 3 is 2.09 bits per heavy atom. The number of non-ortho nitro benzene ring substituents is 2. The van der Waals surface area contributed by atoms with E-state index in [9.17, 15) is 20.2 Å². The summed E-state index contributed by atoms with van der Waals surface area (Å²) in [6.45, 7) is 0.0443. The third kappa shape index (κ3) is 3.48. The Labute approximate surface area is 125 Å². The molecule has 0 aliphatic carbocycles. The van der Waals surface area contributed by atoms with Gasteiger partial charge in [0.05, 0.1) is 17.0 Å². The van der Waals surface area contributed by atoms with Crippen molar-refractivity contribution in [3.05, 3.63) is 68.3 Å². The van der Waals surface area contributed by atoms with Gasteiger partial charge >= 0.3 is 0 Å². The van der Waals surface area contributed by atoms with Crippen molar-refractivity contribution in [2.45, 2.75) is 6.61 Å². The summed E-state index contributed by atoms with van der Waals surface area (Å²) in [5.74, 6) is 0.881. The zero-order valence-corrected chi connectivity index (χ0v) is 11.6. The van der Waals surface area contributed by atoms with Gasteiger partial charge in [0.2, 0.25) is 0 Å². The number of nitro groups is 2. The van der Waals surface area contributed by atoms with E-state index in [1.54, 1.807) is 0 Å². The maximum Gasteiger partial charge on any atom is 0.270 e. The number of benzene rings is 2. The molecule has 0 unspecified atom stereocenters. The molecule has 8 nitrogen and oxygen atoms in total. The lowest BCUT2D eigenvalue weighted by molar-refractivity contribution is -0.385. The van der Waals surface area contributed by atoms with Gasteiger partial charge in [0.1, 0.15) is 18.1 Å². The van der Waals surface area contributed by atoms with Gasteiger partial charge in [0.15, 0.2) is 0 Å². The van der Waals surface area contributed by atoms with Crippen molar-refractivity contribution in [2.75, 3.05) is 7.11 Å². The second kappa shape index (κ2) is 6.53. The van der Waals surface area contributed by atoms with Crippen molar-refractivity contribution in [3.63, 3.8) is 0 Å². The van der Waals surface area contributed by atoms with Crippen LogP contribution in [0.5, 0.6) is 11.5 Å². The van der Waals surface area contributed by atoms with Crippen molar-refractivity contribution < 1.29 is 19.3 Å². The molecule has 114 valence electrons. The van der Waals surface area contributed by atoms with Gasteiger partial charge in [-0.15, -0.1) is 0 Å². The average Bonchev–Trinajstić information content (AvgIpc) is 2.52. The van der Waals surface area contributed by atoms with Crippen molar-refractivity contribution >= 4 is 11.4 Å². The highest BCUT2D eigenvalue weighted by molar-refractivity contribution is 5.44. The van der Waals surface area contributed by atoms with Gasteiger partial charge in [0.25, 0.3) is 11.4 Å². The molecule has 0 saturated carbocycles. The lowest BCUT2D eigenvalue weighted by Gasteiger charge is -2.10. The predicted molar refractivity (Wildman–Crippen MR) is 77.1 cm³/mol. The van der Waals surface area contributed by atoms with Gasteiger partial charge in [0, 0.05) is 29.8 Å². The summed E-state index contributed by atoms with van der Waals surface area (Å²) < 4.78 is 10.6. The summed E-state index contributed by atoms with van der Waals surface area (Å²) in [6.07, 6.45) is 0. The van der Waals surface area contributed by atoms with Crippen molar-refractivity contribution in [3.8, 4) is 11.5 Å². The Balaban J connectivity index is 2.14. The van der Waals surface area contributed by atoms with Crippen LogP contribution < -0.4 is 9.47 Å². The average molecular weight is 304 g/mol. The Kier molecular flexibility index (Phi) is 4.52. The first-order chi connectivity index (χ1) is 10.5. The fourth-order valence-corrected chi connectivity index (χ4v) is 1.82. The van der Waals surface area contributed by atoms with Gasteiger partial charge in [-0.1, -0.05) is 0 Å². The molecule has 2 rings (SSSR count). The number of methoxy groups -OCH3 is 1. The van der Waals surface area contributed by atoms with Gasteiger partial charge in [-0.2, -0.15) is 0 Å². The third-order valence-corrected chi connectivity index (χ3v) is 2.92. The van der Waals surface area contributed by atoms with Gasteiger partial charge in [-0.05, 0) is 18.2 Å². The molecular weight excluding hydrogens is 292 g/mol. The predicted octanol–water partition coefficient (Wildman–Crippen LogP) is 3.09. The first-order valence-electron chi connectivity index (χ1n) is 6.20. The van der Waals surface area contributed by atoms with E-state index in [0.29, 0.717) is 17.1 Å². The van der Waals surface area contributed by atoms with Crippen LogP contribution in [0.25, 0.3) is 0 Å². The second-order valence-corrected chi connectivity index (χ2v) is 4.29. The zero-order chi connectivity index (χ0) is 16.1. The molecule has 0 spiro atoms. The standard InChI is InChI=1S/C14H12N2O6/c1-21-14-7-4-12(16(19)20)8-10(14)9-22-13-5-2-11(3-6-13)15(17)18/h2-8H,9H2,1H3. The molecule has 2 aromatic carbocycles. The molecule has 22 heavy (non-hydrogen) atoms. The topological polar surface area (TPSA) is 105 Å². The summed E-state index contributed by atoms with van der Waals surface area (Å²) in [5.41, 5.74) is 0.401. The normalized spacial score (nSPS) is 10.0. The van der Waals surface area contributed by atoms with E-state index in [-0.39, 0.29) is 18.0 Å². The first kappa shape index (κ1) is 15.2. The van der Waals surface area contributed by atoms with Crippen molar-refractivity contribution in [2.24, 2.45) is 0 Å². The number of ether oxygens (including phenoxy) is 2. The molecule has 0 aliphatic heterocycles. The van der Waals surface area contributed by atoms with E-state index in [1.165, 1.54) is 49.6 Å². The van der Waals surface area contributed by atoms with Gasteiger partial charge in [-0.3, -0.25) is 20.2 Å². The molecule has 0 fully saturated rings. The van der Waals surface area contributed by atoms with E-state index in [1.807, 2.05) is 0 Å². The molecule has 8 heteroatoms. The molecule has 0 aliphatic rings. The largest absolute Gasteiger partial charge is 0.496 e. The molecule has 0 atom stereocenters. The van der Waals surface area contributed by atoms with Crippen LogP contribution in [-0.4, -0.2) is 17.0 Å². The fraction of sp³-hybridized carbons (Fsp3) is 0.143. The molecule has 0 amide bonds. The summed E-state index contributed by atoms with van der Waals surface area (Å²) in [4.78, 5) is 20.3. The third-order valence-electron chi connectivity index (χ3n) is 2.92. The van der Waals surface area contributed by atoms with Crippen LogP contribution in [0.4, 0.5) is 11.4 Å². The summed E-state index contributed by atoms with van der Waals surface area (Å²) in [5, 5.41) is 21.3. The number of hydrogen-bond donors (Lipinski definition) is 0. The molecule has 0 heterocycles. The summed E-state index contributed by atoms with van der Waals surface area (Å²) >= 11 is 0. The van der Waals surface area contributed by atoms with Crippen molar-refractivity contribution in [1.29, 1.82) is 0 Å². The Hall–Kier alpha value is -3.16. The Bertz CT molecular complexity index is 699. The van der Waals surface area contributed by atoms with Crippen molar-refractivity contribution in [1.82, 2.24) is 0 Å². The minimum atomic E-state index is -0.507. The zero-order valence-electron chi connectivity index (χ0n) is 11.6. The highest BCUT2D eigenvalue weighted by atomic mass is 16.6. The second-order valence-electron chi connectivity index (χ2n) is 4.29. The Morgan fingerprint density at radius 1 is 0.955 bits per heavy atom. The molecule has 0 bridgehead atoms. The minimum Gasteiger partial charge on any atom is -0.496 e. The van der Waals surface area contributed by atoms with E-state index >= 15 is 0 Å². The quantitative estimate of drug-likeness (QED) is 0.599. The smallest absolute Gasteiger partial charge is 0.270 e. The van der Waals surface area contributed by atoms with Crippen LogP contribution in [0.3, 0.4) is 0 Å². The van der Waals surface area contributed by atoms with Crippen LogP contribution in [0, 0.1) is 20.2 Å². The van der Waals surface area contributed by atoms with Crippen LogP contribution >= 0.6 is 0 Å². The molecular formula is C14H12N2O6. The minimum absolute atomic E-state index is 0.0414. The van der Waals surface area contributed by atoms with E-state index in [2.05, 4.69) is 0 Å². The molecule has 0 aromatic heterocycles. The first-order valence-corrected chi connectivity index (χ1v) is 6.20. The fourth-order valence-electron chi connectivity index (χ4n) is 1.82. The maximum atomic E-state index is 10.8. The molecule has 2 aromatic rings. The van der Waals surface area contributed by atoms with Gasteiger partial charge < -0.3 is 9.47 Å². The maximum absolute atomic E-state index is 10.8. The van der Waals surface area contributed by atoms with Crippen LogP contribution in [0.2, 0.25) is 0 Å². The number of nitro benzene ring substituents is 2. The number of nitrogens with zero attached hydrogens (tertiary/aromatic N) is 2. The highest BCUT2D eigenvalue weighted by Gasteiger charge is 2.12. The van der Waals surface area contributed by atoms with Gasteiger partial charge in [-0.25, -0.2) is 0 Å². The van der Waals surface area contributed by atoms with E-state index in [0.717, 1.165) is 0 Å². The van der Waals surface area contributed by atoms with Crippen LogP contribution in [-0.2, 0) is 6.61 Å². The number of hydrogen-bond acceptors (Lipinski definition) is 6. The van der Waals surface area contributed by atoms with Crippen LogP contribution in [0.15, 0.2) is 42.5 Å². The number of rotatable bonds is 6. The lowest BCUT2D eigenvalue weighted by Crippen LogP contribution is -2.00. The molecule has 0 saturated heterocycles. The summed E-state index contributed by atoms with van der Waals surface area (Å²) in [6, 6.07) is 9.76.